The molecule has 0 fully saturated rings. The van der Waals surface area contributed by atoms with E-state index in [0.717, 1.165) is 25.1 Å². The quantitative estimate of drug-likeness (QED) is 0.860. The van der Waals surface area contributed by atoms with Gasteiger partial charge < -0.3 is 10.5 Å². The molecule has 1 aromatic carbocycles. The molecule has 2 heteroatoms. The van der Waals surface area contributed by atoms with Crippen molar-refractivity contribution in [1.82, 2.24) is 0 Å². The summed E-state index contributed by atoms with van der Waals surface area (Å²) in [4.78, 5) is 0. The molecule has 1 rings (SSSR count). The van der Waals surface area contributed by atoms with E-state index in [2.05, 4.69) is 45.9 Å². The van der Waals surface area contributed by atoms with Crippen LogP contribution >= 0.6 is 0 Å². The standard InChI is InChI=1S/C16H27NO/c1-6-12(9-10-17)13-7-8-15(18-5)14(11-13)16(2,3)4/h7-8,11-12H,6,9-10,17H2,1-5H3. The molecule has 0 bridgehead atoms. The topological polar surface area (TPSA) is 35.2 Å². The Hall–Kier alpha value is -1.02. The first kappa shape index (κ1) is 15.0. The van der Waals surface area contributed by atoms with E-state index in [1.807, 2.05) is 0 Å². The van der Waals surface area contributed by atoms with Crippen LogP contribution in [0.25, 0.3) is 0 Å². The van der Waals surface area contributed by atoms with Crippen LogP contribution in [0, 0.1) is 0 Å². The zero-order valence-electron chi connectivity index (χ0n) is 12.4. The molecule has 1 atom stereocenters. The second-order valence-corrected chi connectivity index (χ2v) is 5.89. The minimum Gasteiger partial charge on any atom is -0.496 e. The summed E-state index contributed by atoms with van der Waals surface area (Å²) in [5, 5.41) is 0. The van der Waals surface area contributed by atoms with Crippen LogP contribution in [0.4, 0.5) is 0 Å². The first-order chi connectivity index (χ1) is 8.43. The Kier molecular flexibility index (Phi) is 5.21. The molecule has 0 amide bonds. The van der Waals surface area contributed by atoms with E-state index in [4.69, 9.17) is 10.5 Å². The zero-order valence-corrected chi connectivity index (χ0v) is 12.4. The summed E-state index contributed by atoms with van der Waals surface area (Å²) in [6, 6.07) is 6.57. The van der Waals surface area contributed by atoms with E-state index in [-0.39, 0.29) is 5.41 Å². The molecule has 0 spiro atoms. The third-order valence-corrected chi connectivity index (χ3v) is 3.51. The van der Waals surface area contributed by atoms with Crippen molar-refractivity contribution in [2.45, 2.75) is 51.9 Å². The van der Waals surface area contributed by atoms with E-state index in [1.54, 1.807) is 7.11 Å². The van der Waals surface area contributed by atoms with Crippen molar-refractivity contribution < 1.29 is 4.74 Å². The average molecular weight is 249 g/mol. The number of ether oxygens (including phenoxy) is 1. The van der Waals surface area contributed by atoms with Crippen molar-refractivity contribution in [2.75, 3.05) is 13.7 Å². The summed E-state index contributed by atoms with van der Waals surface area (Å²) in [5.74, 6) is 1.54. The van der Waals surface area contributed by atoms with E-state index in [0.29, 0.717) is 5.92 Å². The predicted octanol–water partition coefficient (Wildman–Crippen LogP) is 3.84. The maximum absolute atomic E-state index is 5.70. The van der Waals surface area contributed by atoms with Gasteiger partial charge >= 0.3 is 0 Å². The molecule has 1 aromatic rings. The van der Waals surface area contributed by atoms with Gasteiger partial charge in [-0.05, 0) is 47.9 Å². The van der Waals surface area contributed by atoms with Crippen LogP contribution in [0.3, 0.4) is 0 Å². The monoisotopic (exact) mass is 249 g/mol. The van der Waals surface area contributed by atoms with Gasteiger partial charge in [-0.2, -0.15) is 0 Å². The highest BCUT2D eigenvalue weighted by Crippen LogP contribution is 2.35. The Morgan fingerprint density at radius 3 is 2.39 bits per heavy atom. The van der Waals surface area contributed by atoms with Gasteiger partial charge in [0.05, 0.1) is 7.11 Å². The molecule has 0 heterocycles. The summed E-state index contributed by atoms with van der Waals surface area (Å²) in [6.07, 6.45) is 2.18. The zero-order chi connectivity index (χ0) is 13.8. The third kappa shape index (κ3) is 3.49. The van der Waals surface area contributed by atoms with Crippen molar-refractivity contribution in [1.29, 1.82) is 0 Å². The van der Waals surface area contributed by atoms with Gasteiger partial charge in [-0.1, -0.05) is 39.8 Å². The number of methoxy groups -OCH3 is 1. The van der Waals surface area contributed by atoms with Crippen molar-refractivity contribution >= 4 is 0 Å². The second-order valence-electron chi connectivity index (χ2n) is 5.89. The van der Waals surface area contributed by atoms with Gasteiger partial charge in [-0.15, -0.1) is 0 Å². The fourth-order valence-electron chi connectivity index (χ4n) is 2.37. The Labute approximate surface area is 112 Å². The van der Waals surface area contributed by atoms with Gasteiger partial charge in [0.1, 0.15) is 5.75 Å². The molecule has 18 heavy (non-hydrogen) atoms. The van der Waals surface area contributed by atoms with Gasteiger partial charge in [0.2, 0.25) is 0 Å². The van der Waals surface area contributed by atoms with Gasteiger partial charge in [0, 0.05) is 0 Å². The number of nitrogens with two attached hydrogens (primary N) is 1. The number of hydrogen-bond acceptors (Lipinski definition) is 2. The fraction of sp³-hybridized carbons (Fsp3) is 0.625. The maximum atomic E-state index is 5.70. The smallest absolute Gasteiger partial charge is 0.122 e. The molecule has 2 N–H and O–H groups in total. The van der Waals surface area contributed by atoms with E-state index < -0.39 is 0 Å². The molecule has 0 radical (unpaired) electrons. The van der Waals surface area contributed by atoms with Crippen molar-refractivity contribution in [3.8, 4) is 5.75 Å². The number of hydrogen-bond donors (Lipinski definition) is 1. The molecule has 0 aliphatic rings. The molecule has 1 unspecified atom stereocenters. The van der Waals surface area contributed by atoms with Gasteiger partial charge in [-0.3, -0.25) is 0 Å². The lowest BCUT2D eigenvalue weighted by Gasteiger charge is -2.24. The molecule has 0 aromatic heterocycles. The van der Waals surface area contributed by atoms with Crippen molar-refractivity contribution in [2.24, 2.45) is 5.73 Å². The van der Waals surface area contributed by atoms with Crippen LogP contribution in [-0.2, 0) is 5.41 Å². The Balaban J connectivity index is 3.17. The molecule has 0 aliphatic heterocycles. The summed E-state index contributed by atoms with van der Waals surface area (Å²) in [7, 11) is 1.74. The van der Waals surface area contributed by atoms with Gasteiger partial charge in [0.25, 0.3) is 0 Å². The molecular weight excluding hydrogens is 222 g/mol. The predicted molar refractivity (Wildman–Crippen MR) is 78.4 cm³/mol. The normalized spacial score (nSPS) is 13.4. The van der Waals surface area contributed by atoms with Crippen LogP contribution in [0.2, 0.25) is 0 Å². The van der Waals surface area contributed by atoms with Gasteiger partial charge in [-0.25, -0.2) is 0 Å². The minimum atomic E-state index is 0.0996. The summed E-state index contributed by atoms with van der Waals surface area (Å²) >= 11 is 0. The Morgan fingerprint density at radius 1 is 1.28 bits per heavy atom. The highest BCUT2D eigenvalue weighted by molar-refractivity contribution is 5.42. The van der Waals surface area contributed by atoms with Crippen LogP contribution in [0.5, 0.6) is 5.75 Å². The lowest BCUT2D eigenvalue weighted by molar-refractivity contribution is 0.397. The van der Waals surface area contributed by atoms with Crippen LogP contribution in [0.1, 0.15) is 57.6 Å². The van der Waals surface area contributed by atoms with Gasteiger partial charge in [0.15, 0.2) is 0 Å². The first-order valence-electron chi connectivity index (χ1n) is 6.82. The highest BCUT2D eigenvalue weighted by atomic mass is 16.5. The minimum absolute atomic E-state index is 0.0996. The molecule has 0 saturated heterocycles. The highest BCUT2D eigenvalue weighted by Gasteiger charge is 2.20. The largest absolute Gasteiger partial charge is 0.496 e. The fourth-order valence-corrected chi connectivity index (χ4v) is 2.37. The van der Waals surface area contributed by atoms with E-state index in [1.165, 1.54) is 11.1 Å². The summed E-state index contributed by atoms with van der Waals surface area (Å²) in [5.41, 5.74) is 8.46. The third-order valence-electron chi connectivity index (χ3n) is 3.51. The first-order valence-corrected chi connectivity index (χ1v) is 6.82. The van der Waals surface area contributed by atoms with Crippen LogP contribution in [0.15, 0.2) is 18.2 Å². The van der Waals surface area contributed by atoms with Crippen molar-refractivity contribution in [3.05, 3.63) is 29.3 Å². The number of benzene rings is 1. The summed E-state index contributed by atoms with van der Waals surface area (Å²) < 4.78 is 5.48. The second kappa shape index (κ2) is 6.24. The lowest BCUT2D eigenvalue weighted by Crippen LogP contribution is -2.14. The van der Waals surface area contributed by atoms with Crippen LogP contribution < -0.4 is 10.5 Å². The molecule has 0 saturated carbocycles. The Bertz CT molecular complexity index is 379. The molecule has 102 valence electrons. The molecule has 0 aliphatic carbocycles. The Morgan fingerprint density at radius 2 is 1.94 bits per heavy atom. The van der Waals surface area contributed by atoms with E-state index >= 15 is 0 Å². The average Bonchev–Trinajstić information content (AvgIpc) is 2.34. The number of rotatable bonds is 5. The van der Waals surface area contributed by atoms with Crippen LogP contribution in [-0.4, -0.2) is 13.7 Å². The maximum Gasteiger partial charge on any atom is 0.122 e. The van der Waals surface area contributed by atoms with Crippen molar-refractivity contribution in [3.63, 3.8) is 0 Å². The van der Waals surface area contributed by atoms with E-state index in [9.17, 15) is 0 Å². The summed E-state index contributed by atoms with van der Waals surface area (Å²) in [6.45, 7) is 9.63. The molecule has 2 nitrogen and oxygen atoms in total. The SMILES string of the molecule is CCC(CCN)c1ccc(OC)c(C(C)(C)C)c1. The lowest BCUT2D eigenvalue weighted by atomic mass is 9.82. The molecular formula is C16H27NO.